The molecule has 0 saturated heterocycles. The lowest BCUT2D eigenvalue weighted by Crippen LogP contribution is -2.52. The quantitative estimate of drug-likeness (QED) is 0.856. The maximum absolute atomic E-state index is 12.2. The third-order valence-electron chi connectivity index (χ3n) is 2.84. The highest BCUT2D eigenvalue weighted by Crippen LogP contribution is 2.19. The first kappa shape index (κ1) is 18.4. The van der Waals surface area contributed by atoms with E-state index in [1.807, 2.05) is 25.1 Å². The average molecular weight is 350 g/mol. The molecule has 0 aromatic heterocycles. The Morgan fingerprint density at radius 2 is 2.00 bits per heavy atom. The van der Waals surface area contributed by atoms with E-state index in [1.165, 1.54) is 0 Å². The van der Waals surface area contributed by atoms with Gasteiger partial charge in [0.1, 0.15) is 0 Å². The Morgan fingerprint density at radius 3 is 2.47 bits per heavy atom. The van der Waals surface area contributed by atoms with Crippen molar-refractivity contribution in [2.24, 2.45) is 11.7 Å². The fourth-order valence-electron chi connectivity index (χ4n) is 2.07. The van der Waals surface area contributed by atoms with E-state index in [2.05, 4.69) is 35.1 Å². The van der Waals surface area contributed by atoms with Gasteiger partial charge in [0.2, 0.25) is 0 Å². The number of amides is 1. The average Bonchev–Trinajstić information content (AvgIpc) is 2.28. The van der Waals surface area contributed by atoms with Crippen molar-refractivity contribution in [3.05, 3.63) is 34.3 Å². The van der Waals surface area contributed by atoms with Gasteiger partial charge in [-0.25, -0.2) is 0 Å². The molecule has 0 aliphatic carbocycles. The molecule has 1 rings (SSSR count). The van der Waals surface area contributed by atoms with Crippen LogP contribution < -0.4 is 11.1 Å². The van der Waals surface area contributed by atoms with Crippen LogP contribution in [0.3, 0.4) is 0 Å². The van der Waals surface area contributed by atoms with Crippen molar-refractivity contribution in [3.8, 4) is 0 Å². The van der Waals surface area contributed by atoms with E-state index in [0.717, 1.165) is 10.9 Å². The minimum atomic E-state index is -0.361. The van der Waals surface area contributed by atoms with Crippen LogP contribution in [-0.4, -0.2) is 18.0 Å². The number of hydrogen-bond acceptors (Lipinski definition) is 2. The Morgan fingerprint density at radius 1 is 1.42 bits per heavy atom. The van der Waals surface area contributed by atoms with Crippen LogP contribution in [0.5, 0.6) is 0 Å². The molecule has 1 amide bonds. The fourth-order valence-corrected chi connectivity index (χ4v) is 2.54. The summed E-state index contributed by atoms with van der Waals surface area (Å²) in [4.78, 5) is 12.2. The monoisotopic (exact) mass is 348 g/mol. The normalized spacial score (nSPS) is 13.6. The second kappa shape index (κ2) is 7.88. The minimum Gasteiger partial charge on any atom is -0.346 e. The van der Waals surface area contributed by atoms with Gasteiger partial charge in [-0.2, -0.15) is 0 Å². The summed E-state index contributed by atoms with van der Waals surface area (Å²) in [5.74, 6) is 0.397. The zero-order valence-corrected chi connectivity index (χ0v) is 14.0. The first-order valence-electron chi connectivity index (χ1n) is 6.15. The van der Waals surface area contributed by atoms with Crippen molar-refractivity contribution >= 4 is 34.2 Å². The molecule has 1 aromatic carbocycles. The molecule has 1 atom stereocenters. The standard InChI is InChI=1S/C14H21BrN2O.ClH/c1-10(2)8-14(3,9-16)17-13(18)11-6-4-5-7-12(11)15;/h4-7,10H,8-9,16H2,1-3H3,(H,17,18);1H. The lowest BCUT2D eigenvalue weighted by Gasteiger charge is -2.31. The first-order valence-corrected chi connectivity index (χ1v) is 6.94. The molecule has 0 fully saturated rings. The molecular formula is C14H22BrClN2O. The predicted octanol–water partition coefficient (Wildman–Crippen LogP) is 3.36. The molecule has 3 nitrogen and oxygen atoms in total. The second-order valence-electron chi connectivity index (χ2n) is 5.30. The Balaban J connectivity index is 0.00000324. The van der Waals surface area contributed by atoms with Crippen molar-refractivity contribution in [3.63, 3.8) is 0 Å². The van der Waals surface area contributed by atoms with Gasteiger partial charge in [0.05, 0.1) is 5.56 Å². The van der Waals surface area contributed by atoms with E-state index in [9.17, 15) is 4.79 Å². The smallest absolute Gasteiger partial charge is 0.252 e. The molecule has 0 heterocycles. The number of rotatable bonds is 5. The molecule has 0 aliphatic rings. The van der Waals surface area contributed by atoms with E-state index in [-0.39, 0.29) is 23.9 Å². The summed E-state index contributed by atoms with van der Waals surface area (Å²) in [6, 6.07) is 7.39. The molecule has 1 unspecified atom stereocenters. The summed E-state index contributed by atoms with van der Waals surface area (Å²) in [7, 11) is 0. The predicted molar refractivity (Wildman–Crippen MR) is 85.8 cm³/mol. The summed E-state index contributed by atoms with van der Waals surface area (Å²) in [6.07, 6.45) is 0.861. The summed E-state index contributed by atoms with van der Waals surface area (Å²) in [5.41, 5.74) is 6.07. The Labute approximate surface area is 129 Å². The summed E-state index contributed by atoms with van der Waals surface area (Å²) in [5, 5.41) is 3.04. The van der Waals surface area contributed by atoms with Gasteiger partial charge in [-0.3, -0.25) is 4.79 Å². The zero-order valence-electron chi connectivity index (χ0n) is 11.6. The van der Waals surface area contributed by atoms with Crippen molar-refractivity contribution in [1.82, 2.24) is 5.32 Å². The number of carbonyl (C=O) groups is 1. The van der Waals surface area contributed by atoms with Gasteiger partial charge in [-0.05, 0) is 47.3 Å². The first-order chi connectivity index (χ1) is 8.38. The molecule has 19 heavy (non-hydrogen) atoms. The van der Waals surface area contributed by atoms with Gasteiger partial charge in [-0.1, -0.05) is 26.0 Å². The lowest BCUT2D eigenvalue weighted by molar-refractivity contribution is 0.0897. The Bertz CT molecular complexity index is 426. The van der Waals surface area contributed by atoms with Crippen LogP contribution in [0.2, 0.25) is 0 Å². The number of halogens is 2. The molecular weight excluding hydrogens is 328 g/mol. The van der Waals surface area contributed by atoms with E-state index < -0.39 is 0 Å². The highest BCUT2D eigenvalue weighted by molar-refractivity contribution is 9.10. The van der Waals surface area contributed by atoms with E-state index in [4.69, 9.17) is 5.73 Å². The third kappa shape index (κ3) is 5.51. The molecule has 0 radical (unpaired) electrons. The maximum Gasteiger partial charge on any atom is 0.252 e. The van der Waals surface area contributed by atoms with Crippen molar-refractivity contribution in [2.75, 3.05) is 6.54 Å². The number of hydrogen-bond donors (Lipinski definition) is 2. The molecule has 0 spiro atoms. The SMILES string of the molecule is CC(C)CC(C)(CN)NC(=O)c1ccccc1Br.Cl. The molecule has 3 N–H and O–H groups in total. The highest BCUT2D eigenvalue weighted by Gasteiger charge is 2.26. The van der Waals surface area contributed by atoms with Crippen molar-refractivity contribution < 1.29 is 4.79 Å². The van der Waals surface area contributed by atoms with Gasteiger partial charge in [0, 0.05) is 16.6 Å². The number of carbonyl (C=O) groups excluding carboxylic acids is 1. The van der Waals surface area contributed by atoms with Crippen LogP contribution in [0.4, 0.5) is 0 Å². The summed E-state index contributed by atoms with van der Waals surface area (Å²) in [6.45, 7) is 6.67. The molecule has 1 aromatic rings. The van der Waals surface area contributed by atoms with Crippen molar-refractivity contribution in [2.45, 2.75) is 32.7 Å². The van der Waals surface area contributed by atoms with Crippen molar-refractivity contribution in [1.29, 1.82) is 0 Å². The maximum atomic E-state index is 12.2. The summed E-state index contributed by atoms with van der Waals surface area (Å²) < 4.78 is 0.798. The molecule has 108 valence electrons. The Kier molecular flexibility index (Phi) is 7.64. The third-order valence-corrected chi connectivity index (χ3v) is 3.53. The topological polar surface area (TPSA) is 55.1 Å². The molecule has 0 aliphatic heterocycles. The van der Waals surface area contributed by atoms with E-state index in [1.54, 1.807) is 6.07 Å². The lowest BCUT2D eigenvalue weighted by atomic mass is 9.90. The van der Waals surface area contributed by atoms with Gasteiger partial charge in [0.15, 0.2) is 0 Å². The molecule has 0 bridgehead atoms. The van der Waals surface area contributed by atoms with Gasteiger partial charge in [0.25, 0.3) is 5.91 Å². The van der Waals surface area contributed by atoms with Crippen LogP contribution in [0.15, 0.2) is 28.7 Å². The number of benzene rings is 1. The highest BCUT2D eigenvalue weighted by atomic mass is 79.9. The van der Waals surface area contributed by atoms with Crippen LogP contribution in [0, 0.1) is 5.92 Å². The van der Waals surface area contributed by atoms with E-state index in [0.29, 0.717) is 18.0 Å². The largest absolute Gasteiger partial charge is 0.346 e. The summed E-state index contributed by atoms with van der Waals surface area (Å²) >= 11 is 3.39. The molecule has 5 heteroatoms. The van der Waals surface area contributed by atoms with Gasteiger partial charge < -0.3 is 11.1 Å². The minimum absolute atomic E-state index is 0. The Hall–Kier alpha value is -0.580. The van der Waals surface area contributed by atoms with Crippen LogP contribution in [0.25, 0.3) is 0 Å². The fraction of sp³-hybridized carbons (Fsp3) is 0.500. The van der Waals surface area contributed by atoms with E-state index >= 15 is 0 Å². The van der Waals surface area contributed by atoms with Crippen LogP contribution in [-0.2, 0) is 0 Å². The van der Waals surface area contributed by atoms with Gasteiger partial charge in [-0.15, -0.1) is 12.4 Å². The second-order valence-corrected chi connectivity index (χ2v) is 6.15. The number of nitrogens with two attached hydrogens (primary N) is 1. The molecule has 0 saturated carbocycles. The van der Waals surface area contributed by atoms with Crippen LogP contribution >= 0.6 is 28.3 Å². The van der Waals surface area contributed by atoms with Crippen LogP contribution in [0.1, 0.15) is 37.6 Å². The number of nitrogens with one attached hydrogen (secondary N) is 1. The zero-order chi connectivity index (χ0) is 13.8. The van der Waals surface area contributed by atoms with Gasteiger partial charge >= 0.3 is 0 Å².